The summed E-state index contributed by atoms with van der Waals surface area (Å²) in [4.78, 5) is 11.0. The van der Waals surface area contributed by atoms with Gasteiger partial charge < -0.3 is 19.4 Å². The number of ether oxygens (including phenoxy) is 2. The summed E-state index contributed by atoms with van der Waals surface area (Å²) in [5.74, 6) is -0.714. The minimum absolute atomic E-state index is 0.0340. The highest BCUT2D eigenvalue weighted by Gasteiger charge is 2.36. The molecule has 0 N–H and O–H groups in total. The number of benzene rings is 1. The highest BCUT2D eigenvalue weighted by atomic mass is 32.2. The molecule has 1 aliphatic heterocycles. The van der Waals surface area contributed by atoms with Crippen molar-refractivity contribution in [3.63, 3.8) is 0 Å². The second-order valence-electron chi connectivity index (χ2n) is 4.61. The summed E-state index contributed by atoms with van der Waals surface area (Å²) in [5.41, 5.74) is 0. The third-order valence-electron chi connectivity index (χ3n) is 3.44. The number of methoxy groups -OCH3 is 2. The molecule has 0 bridgehead atoms. The molecule has 2 rings (SSSR count). The first-order chi connectivity index (χ1) is 9.91. The van der Waals surface area contributed by atoms with Gasteiger partial charge in [-0.2, -0.15) is 4.31 Å². The maximum atomic E-state index is 12.6. The summed E-state index contributed by atoms with van der Waals surface area (Å²) in [6, 6.07) is 3.03. The monoisotopic (exact) mass is 314 g/mol. The molecule has 0 saturated carbocycles. The molecule has 1 fully saturated rings. The van der Waals surface area contributed by atoms with Crippen molar-refractivity contribution in [1.82, 2.24) is 4.31 Å². The normalized spacial score (nSPS) is 19.4. The van der Waals surface area contributed by atoms with Crippen LogP contribution >= 0.6 is 0 Å². The Morgan fingerprint density at radius 2 is 1.95 bits per heavy atom. The van der Waals surface area contributed by atoms with Crippen molar-refractivity contribution in [3.05, 3.63) is 18.2 Å². The Hall–Kier alpha value is -1.80. The molecule has 0 radical (unpaired) electrons. The highest BCUT2D eigenvalue weighted by Crippen LogP contribution is 2.32. The van der Waals surface area contributed by atoms with E-state index in [0.717, 1.165) is 4.31 Å². The molecule has 21 heavy (non-hydrogen) atoms. The largest absolute Gasteiger partial charge is 0.548 e. The Balaban J connectivity index is 2.42. The maximum absolute atomic E-state index is 12.6. The van der Waals surface area contributed by atoms with E-state index in [4.69, 9.17) is 9.47 Å². The van der Waals surface area contributed by atoms with Crippen molar-refractivity contribution >= 4 is 16.0 Å². The molecule has 116 valence electrons. The third kappa shape index (κ3) is 2.81. The van der Waals surface area contributed by atoms with Crippen LogP contribution in [0.3, 0.4) is 0 Å². The molecule has 0 aliphatic carbocycles. The summed E-state index contributed by atoms with van der Waals surface area (Å²) >= 11 is 0. The van der Waals surface area contributed by atoms with Crippen molar-refractivity contribution in [2.24, 2.45) is 0 Å². The second kappa shape index (κ2) is 5.90. The van der Waals surface area contributed by atoms with Crippen LogP contribution in [0.4, 0.5) is 0 Å². The quantitative estimate of drug-likeness (QED) is 0.734. The number of sulfonamides is 1. The lowest BCUT2D eigenvalue weighted by atomic mass is 10.2. The van der Waals surface area contributed by atoms with Gasteiger partial charge in [0.15, 0.2) is 11.5 Å². The third-order valence-corrected chi connectivity index (χ3v) is 5.34. The van der Waals surface area contributed by atoms with E-state index in [-0.39, 0.29) is 23.6 Å². The van der Waals surface area contributed by atoms with Crippen LogP contribution in [0.1, 0.15) is 12.8 Å². The van der Waals surface area contributed by atoms with Crippen LogP contribution in [0.25, 0.3) is 0 Å². The summed E-state index contributed by atoms with van der Waals surface area (Å²) in [7, 11) is -1.07. The molecule has 1 unspecified atom stereocenters. The summed E-state index contributed by atoms with van der Waals surface area (Å²) in [6.07, 6.45) is 0.750. The average molecular weight is 314 g/mol. The van der Waals surface area contributed by atoms with E-state index in [1.165, 1.54) is 32.4 Å². The first-order valence-corrected chi connectivity index (χ1v) is 7.80. The zero-order valence-electron chi connectivity index (χ0n) is 11.7. The van der Waals surface area contributed by atoms with E-state index < -0.39 is 22.0 Å². The molecule has 1 aromatic carbocycles. The molecule has 1 saturated heterocycles. The number of hydrogen-bond acceptors (Lipinski definition) is 6. The first-order valence-electron chi connectivity index (χ1n) is 6.36. The van der Waals surface area contributed by atoms with Gasteiger partial charge in [0.25, 0.3) is 0 Å². The minimum atomic E-state index is -3.91. The number of carbonyl (C=O) groups excluding carboxylic acids is 1. The number of carbonyl (C=O) groups is 1. The minimum Gasteiger partial charge on any atom is -0.548 e. The van der Waals surface area contributed by atoms with Gasteiger partial charge in [-0.1, -0.05) is 0 Å². The van der Waals surface area contributed by atoms with E-state index in [0.29, 0.717) is 12.2 Å². The lowest BCUT2D eigenvalue weighted by molar-refractivity contribution is -0.309. The molecular formula is C13H16NO6S-. The lowest BCUT2D eigenvalue weighted by Crippen LogP contribution is -2.46. The van der Waals surface area contributed by atoms with Gasteiger partial charge in [-0.05, 0) is 25.0 Å². The Kier molecular flexibility index (Phi) is 4.38. The number of nitrogens with zero attached hydrogens (tertiary/aromatic N) is 1. The smallest absolute Gasteiger partial charge is 0.243 e. The average Bonchev–Trinajstić information content (AvgIpc) is 2.96. The van der Waals surface area contributed by atoms with E-state index in [1.54, 1.807) is 0 Å². The molecule has 0 spiro atoms. The van der Waals surface area contributed by atoms with Gasteiger partial charge in [-0.15, -0.1) is 0 Å². The number of carboxylic acid groups (broad SMARTS) is 1. The lowest BCUT2D eigenvalue weighted by Gasteiger charge is -2.25. The van der Waals surface area contributed by atoms with Crippen molar-refractivity contribution in [2.45, 2.75) is 23.8 Å². The molecule has 1 heterocycles. The zero-order chi connectivity index (χ0) is 15.6. The number of hydrogen-bond donors (Lipinski definition) is 0. The number of rotatable bonds is 5. The van der Waals surface area contributed by atoms with Gasteiger partial charge >= 0.3 is 0 Å². The van der Waals surface area contributed by atoms with Crippen molar-refractivity contribution in [2.75, 3.05) is 20.8 Å². The molecule has 8 heteroatoms. The fourth-order valence-electron chi connectivity index (χ4n) is 2.38. The summed E-state index contributed by atoms with van der Waals surface area (Å²) in [6.45, 7) is 0.162. The summed E-state index contributed by atoms with van der Waals surface area (Å²) in [5, 5.41) is 11.1. The van der Waals surface area contributed by atoms with Crippen molar-refractivity contribution < 1.29 is 27.8 Å². The van der Waals surface area contributed by atoms with Crippen LogP contribution in [0.15, 0.2) is 23.1 Å². The van der Waals surface area contributed by atoms with E-state index >= 15 is 0 Å². The molecule has 1 atom stereocenters. The Labute approximate surface area is 123 Å². The predicted molar refractivity (Wildman–Crippen MR) is 71.5 cm³/mol. The van der Waals surface area contributed by atoms with Crippen LogP contribution in [0.2, 0.25) is 0 Å². The van der Waals surface area contributed by atoms with Gasteiger partial charge in [0.05, 0.1) is 31.1 Å². The summed E-state index contributed by atoms with van der Waals surface area (Å²) < 4.78 is 36.2. The van der Waals surface area contributed by atoms with Gasteiger partial charge in [0.2, 0.25) is 10.0 Å². The van der Waals surface area contributed by atoms with Crippen LogP contribution in [0.5, 0.6) is 11.5 Å². The zero-order valence-corrected chi connectivity index (χ0v) is 12.6. The van der Waals surface area contributed by atoms with Crippen molar-refractivity contribution in [3.8, 4) is 11.5 Å². The van der Waals surface area contributed by atoms with Crippen LogP contribution in [0, 0.1) is 0 Å². The molecule has 7 nitrogen and oxygen atoms in total. The fourth-order valence-corrected chi connectivity index (χ4v) is 4.04. The Morgan fingerprint density at radius 1 is 1.29 bits per heavy atom. The van der Waals surface area contributed by atoms with Gasteiger partial charge in [0.1, 0.15) is 0 Å². The van der Waals surface area contributed by atoms with Gasteiger partial charge in [-0.25, -0.2) is 8.42 Å². The molecular weight excluding hydrogens is 298 g/mol. The number of carboxylic acids is 1. The van der Waals surface area contributed by atoms with E-state index in [1.807, 2.05) is 0 Å². The maximum Gasteiger partial charge on any atom is 0.243 e. The van der Waals surface area contributed by atoms with Gasteiger partial charge in [-0.3, -0.25) is 0 Å². The van der Waals surface area contributed by atoms with E-state index in [2.05, 4.69) is 0 Å². The topological polar surface area (TPSA) is 96.0 Å². The fraction of sp³-hybridized carbons (Fsp3) is 0.462. The van der Waals surface area contributed by atoms with Gasteiger partial charge in [0, 0.05) is 12.6 Å². The van der Waals surface area contributed by atoms with E-state index in [9.17, 15) is 18.3 Å². The standard InChI is InChI=1S/C13H17NO6S/c1-19-11-6-5-9(8-12(11)20-2)21(17,18)14-7-3-4-10(14)13(15)16/h5-6,8,10H,3-4,7H2,1-2H3,(H,15,16)/p-1. The molecule has 0 aromatic heterocycles. The molecule has 0 amide bonds. The molecule has 1 aliphatic rings. The highest BCUT2D eigenvalue weighted by molar-refractivity contribution is 7.89. The molecule has 1 aromatic rings. The van der Waals surface area contributed by atoms with Crippen LogP contribution < -0.4 is 14.6 Å². The Bertz CT molecular complexity index is 642. The van der Waals surface area contributed by atoms with Crippen LogP contribution in [-0.2, 0) is 14.8 Å². The first kappa shape index (κ1) is 15.6. The predicted octanol–water partition coefficient (Wildman–Crippen LogP) is -0.393. The SMILES string of the molecule is COc1ccc(S(=O)(=O)N2CCCC2C(=O)[O-])cc1OC. The van der Waals surface area contributed by atoms with Crippen molar-refractivity contribution in [1.29, 1.82) is 0 Å². The number of aliphatic carboxylic acids is 1. The second-order valence-corrected chi connectivity index (χ2v) is 6.50. The van der Waals surface area contributed by atoms with Crippen LogP contribution in [-0.4, -0.2) is 45.5 Å². The Morgan fingerprint density at radius 3 is 2.52 bits per heavy atom.